The van der Waals surface area contributed by atoms with Gasteiger partial charge in [-0.05, 0) is 42.7 Å². The summed E-state index contributed by atoms with van der Waals surface area (Å²) in [6.45, 7) is 0. The molecule has 30 heavy (non-hydrogen) atoms. The molecule has 0 fully saturated rings. The summed E-state index contributed by atoms with van der Waals surface area (Å²) < 4.78 is 6.03. The minimum absolute atomic E-state index is 0. The molecule has 0 saturated heterocycles. The average molecular weight is 542 g/mol. The van der Waals surface area contributed by atoms with Gasteiger partial charge in [0.25, 0.3) is 5.44 Å². The average Bonchev–Trinajstić information content (AvgIpc) is 3.20. The van der Waals surface area contributed by atoms with Crippen molar-refractivity contribution < 1.29 is 28.4 Å². The van der Waals surface area contributed by atoms with Gasteiger partial charge in [-0.1, -0.05) is 66.4 Å². The fraction of sp³-hybridized carbons (Fsp3) is 0.0833. The zero-order valence-corrected chi connectivity index (χ0v) is 20.3. The molecule has 0 saturated carbocycles. The molecule has 4 aromatic rings. The van der Waals surface area contributed by atoms with E-state index in [2.05, 4.69) is 78.9 Å². The Hall–Kier alpha value is -2.13. The molecular formula is C24H20IN2OPS. The van der Waals surface area contributed by atoms with E-state index in [0.717, 1.165) is 10.5 Å². The van der Waals surface area contributed by atoms with Crippen LogP contribution in [0.1, 0.15) is 5.89 Å². The monoisotopic (exact) mass is 542 g/mol. The van der Waals surface area contributed by atoms with Gasteiger partial charge in [0.1, 0.15) is 22.3 Å². The highest BCUT2D eigenvalue weighted by Crippen LogP contribution is 2.55. The van der Waals surface area contributed by atoms with Gasteiger partial charge in [-0.15, -0.1) is 0 Å². The summed E-state index contributed by atoms with van der Waals surface area (Å²) in [4.78, 5) is 4.91. The van der Waals surface area contributed by atoms with E-state index >= 15 is 0 Å². The quantitative estimate of drug-likeness (QED) is 0.208. The standard InChI is InChI=1S/C24H20N2OPS.HI/c1-29-24-23(26-22(27-24)17-18-25)28(19-11-5-2-6-12-19,20-13-7-3-8-14-20)21-15-9-4-10-16-21;/h2-16H,17H2,1H3;1H/q+1;/p-1. The molecule has 0 amide bonds. The largest absolute Gasteiger partial charge is 1.00 e. The van der Waals surface area contributed by atoms with Crippen LogP contribution in [0.15, 0.2) is 101 Å². The Balaban J connectivity index is 0.00000256. The Morgan fingerprint density at radius 2 is 1.27 bits per heavy atom. The molecule has 4 rings (SSSR count). The van der Waals surface area contributed by atoms with E-state index in [9.17, 15) is 5.26 Å². The Kier molecular flexibility index (Phi) is 7.71. The van der Waals surface area contributed by atoms with Crippen molar-refractivity contribution >= 4 is 40.4 Å². The van der Waals surface area contributed by atoms with Gasteiger partial charge in [0.15, 0.2) is 7.26 Å². The van der Waals surface area contributed by atoms with Crippen molar-refractivity contribution in [3.05, 3.63) is 96.9 Å². The summed E-state index contributed by atoms with van der Waals surface area (Å²) in [5.74, 6) is 0.471. The van der Waals surface area contributed by atoms with E-state index in [4.69, 9.17) is 9.40 Å². The summed E-state index contributed by atoms with van der Waals surface area (Å²) in [6.07, 6.45) is 2.15. The number of oxazole rings is 1. The molecule has 1 aromatic heterocycles. The van der Waals surface area contributed by atoms with E-state index < -0.39 is 7.26 Å². The number of halogens is 1. The van der Waals surface area contributed by atoms with Crippen LogP contribution < -0.4 is 45.3 Å². The van der Waals surface area contributed by atoms with Crippen molar-refractivity contribution in [3.63, 3.8) is 0 Å². The van der Waals surface area contributed by atoms with Crippen LogP contribution in [-0.4, -0.2) is 11.2 Å². The fourth-order valence-corrected chi connectivity index (χ4v) is 8.76. The summed E-state index contributed by atoms with van der Waals surface area (Å²) >= 11 is 1.54. The second-order valence-electron chi connectivity index (χ2n) is 6.44. The van der Waals surface area contributed by atoms with E-state index in [0.29, 0.717) is 5.89 Å². The smallest absolute Gasteiger partial charge is 0.250 e. The summed E-state index contributed by atoms with van der Waals surface area (Å²) in [5.41, 5.74) is 0.929. The predicted molar refractivity (Wildman–Crippen MR) is 122 cm³/mol. The van der Waals surface area contributed by atoms with E-state index in [1.165, 1.54) is 15.9 Å². The molecule has 3 nitrogen and oxygen atoms in total. The van der Waals surface area contributed by atoms with Crippen LogP contribution >= 0.6 is 19.0 Å². The summed E-state index contributed by atoms with van der Waals surface area (Å²) in [5, 5.41) is 13.6. The molecule has 0 aliphatic heterocycles. The van der Waals surface area contributed by atoms with Gasteiger partial charge in [-0.25, -0.2) is 0 Å². The van der Waals surface area contributed by atoms with Crippen molar-refractivity contribution in [2.24, 2.45) is 0 Å². The van der Waals surface area contributed by atoms with Crippen molar-refractivity contribution in [2.45, 2.75) is 11.5 Å². The molecule has 0 atom stereocenters. The zero-order chi connectivity index (χ0) is 20.1. The number of hydrogen-bond donors (Lipinski definition) is 0. The molecule has 0 radical (unpaired) electrons. The summed E-state index contributed by atoms with van der Waals surface area (Å²) in [6, 6.07) is 33.8. The van der Waals surface area contributed by atoms with Gasteiger partial charge >= 0.3 is 0 Å². The first-order valence-corrected chi connectivity index (χ1v) is 12.3. The second kappa shape index (κ2) is 10.3. The van der Waals surface area contributed by atoms with Crippen molar-refractivity contribution in [2.75, 3.05) is 6.26 Å². The molecule has 3 aromatic carbocycles. The lowest BCUT2D eigenvalue weighted by Gasteiger charge is -2.25. The lowest BCUT2D eigenvalue weighted by molar-refractivity contribution is -0.00000653. The number of aromatic nitrogens is 1. The maximum absolute atomic E-state index is 9.20. The fourth-order valence-electron chi connectivity index (χ4n) is 3.60. The molecule has 0 aliphatic rings. The van der Waals surface area contributed by atoms with Crippen molar-refractivity contribution in [1.82, 2.24) is 4.98 Å². The number of rotatable bonds is 6. The lowest BCUT2D eigenvalue weighted by Crippen LogP contribution is -3.00. The van der Waals surface area contributed by atoms with Crippen LogP contribution in [0.5, 0.6) is 0 Å². The molecule has 0 aliphatic carbocycles. The Morgan fingerprint density at radius 1 is 0.833 bits per heavy atom. The molecule has 0 N–H and O–H groups in total. The predicted octanol–water partition coefficient (Wildman–Crippen LogP) is 1.09. The van der Waals surface area contributed by atoms with Gasteiger partial charge in [-0.3, -0.25) is 0 Å². The minimum Gasteiger partial charge on any atom is -1.00 e. The SMILES string of the molecule is CSc1oc(CC#N)nc1[P+](c1ccccc1)(c1ccccc1)c1ccccc1.[I-]. The van der Waals surface area contributed by atoms with Crippen LogP contribution in [0, 0.1) is 11.3 Å². The Labute approximate surface area is 198 Å². The number of thioether (sulfide) groups is 1. The highest BCUT2D eigenvalue weighted by Gasteiger charge is 2.52. The second-order valence-corrected chi connectivity index (χ2v) is 10.5. The molecule has 0 spiro atoms. The molecule has 0 bridgehead atoms. The van der Waals surface area contributed by atoms with Crippen LogP contribution in [0.25, 0.3) is 0 Å². The molecule has 1 heterocycles. The van der Waals surface area contributed by atoms with Gasteiger partial charge in [0.2, 0.25) is 11.0 Å². The van der Waals surface area contributed by atoms with Crippen LogP contribution in [-0.2, 0) is 6.42 Å². The summed E-state index contributed by atoms with van der Waals surface area (Å²) in [7, 11) is -2.30. The van der Waals surface area contributed by atoms with Crippen LogP contribution in [0.4, 0.5) is 0 Å². The minimum atomic E-state index is -2.30. The third kappa shape index (κ3) is 4.05. The van der Waals surface area contributed by atoms with E-state index in [-0.39, 0.29) is 30.4 Å². The van der Waals surface area contributed by atoms with Crippen molar-refractivity contribution in [1.29, 1.82) is 5.26 Å². The number of nitrogens with zero attached hydrogens (tertiary/aromatic N) is 2. The van der Waals surface area contributed by atoms with E-state index in [1.54, 1.807) is 11.8 Å². The lowest BCUT2D eigenvalue weighted by atomic mass is 10.4. The Morgan fingerprint density at radius 3 is 1.63 bits per heavy atom. The van der Waals surface area contributed by atoms with Crippen LogP contribution in [0.3, 0.4) is 0 Å². The van der Waals surface area contributed by atoms with Crippen LogP contribution in [0.2, 0.25) is 0 Å². The Bertz CT molecular complexity index is 1030. The molecule has 0 unspecified atom stereocenters. The first kappa shape index (κ1) is 22.6. The maximum atomic E-state index is 9.20. The maximum Gasteiger partial charge on any atom is 0.250 e. The first-order valence-electron chi connectivity index (χ1n) is 9.28. The van der Waals surface area contributed by atoms with Gasteiger partial charge in [0, 0.05) is 0 Å². The third-order valence-electron chi connectivity index (χ3n) is 4.79. The normalized spacial score (nSPS) is 10.8. The number of nitriles is 1. The highest BCUT2D eigenvalue weighted by atomic mass is 127. The van der Waals surface area contributed by atoms with E-state index in [1.807, 2.05) is 24.5 Å². The zero-order valence-electron chi connectivity index (χ0n) is 16.4. The molecule has 6 heteroatoms. The topological polar surface area (TPSA) is 49.8 Å². The van der Waals surface area contributed by atoms with Crippen molar-refractivity contribution in [3.8, 4) is 6.07 Å². The van der Waals surface area contributed by atoms with Gasteiger partial charge in [0.05, 0.1) is 6.07 Å². The number of hydrogen-bond acceptors (Lipinski definition) is 4. The first-order chi connectivity index (χ1) is 14.3. The highest BCUT2D eigenvalue weighted by molar-refractivity contribution is 8.04. The van der Waals surface area contributed by atoms with Gasteiger partial charge in [-0.2, -0.15) is 10.2 Å². The van der Waals surface area contributed by atoms with Gasteiger partial charge < -0.3 is 28.4 Å². The number of benzene rings is 3. The third-order valence-corrected chi connectivity index (χ3v) is 9.74. The molecule has 150 valence electrons. The molecular weight excluding hydrogens is 522 g/mol.